The number of ether oxygens (including phenoxy) is 2. The molecule has 39 heavy (non-hydrogen) atoms. The third-order valence-corrected chi connectivity index (χ3v) is 7.25. The molecule has 1 rings (SSSR count). The number of hydrogen-bond donors (Lipinski definition) is 0. The second kappa shape index (κ2) is 20.1. The zero-order valence-electron chi connectivity index (χ0n) is 24.5. The molecule has 1 unspecified atom stereocenters. The number of methoxy groups -OCH3 is 2. The van der Waals surface area contributed by atoms with Gasteiger partial charge in [0.15, 0.2) is 11.5 Å². The summed E-state index contributed by atoms with van der Waals surface area (Å²) in [7, 11) is 4.26. The Hall–Kier alpha value is -2.84. The summed E-state index contributed by atoms with van der Waals surface area (Å²) < 4.78 is 10.5. The molecule has 0 aliphatic rings. The first-order chi connectivity index (χ1) is 18.7. The van der Waals surface area contributed by atoms with E-state index in [1.54, 1.807) is 0 Å². The molecule has 0 fully saturated rings. The molecule has 222 valence electrons. The fraction of sp³-hybridized carbons (Fsp3) is 0.733. The number of nitro groups is 1. The number of hydrogen-bond acceptors (Lipinski definition) is 7. The van der Waals surface area contributed by atoms with Crippen molar-refractivity contribution in [2.75, 3.05) is 27.8 Å². The van der Waals surface area contributed by atoms with E-state index < -0.39 is 23.4 Å². The lowest BCUT2D eigenvalue weighted by Gasteiger charge is -2.24. The molecule has 0 radical (unpaired) electrons. The topological polar surface area (TPSA) is 122 Å². The van der Waals surface area contributed by atoms with Crippen LogP contribution in [0.5, 0.6) is 11.5 Å². The highest BCUT2D eigenvalue weighted by atomic mass is 16.6. The molecule has 0 saturated carbocycles. The molecule has 0 spiro atoms. The van der Waals surface area contributed by atoms with Crippen LogP contribution < -0.4 is 14.6 Å². The predicted molar refractivity (Wildman–Crippen MR) is 151 cm³/mol. The maximum atomic E-state index is 13.1. The molecule has 9 nitrogen and oxygen atoms in total. The van der Waals surface area contributed by atoms with Gasteiger partial charge in [-0.25, -0.2) is 0 Å². The van der Waals surface area contributed by atoms with Gasteiger partial charge in [-0.3, -0.25) is 14.9 Å². The first-order valence-corrected chi connectivity index (χ1v) is 14.6. The number of likely N-dealkylation sites (N-methyl/N-ethyl adjacent to an activating group) is 1. The predicted octanol–water partition coefficient (Wildman–Crippen LogP) is 5.85. The Morgan fingerprint density at radius 3 is 1.74 bits per heavy atom. The summed E-state index contributed by atoms with van der Waals surface area (Å²) >= 11 is 0. The van der Waals surface area contributed by atoms with Gasteiger partial charge in [0.25, 0.3) is 5.69 Å². The fourth-order valence-corrected chi connectivity index (χ4v) is 4.99. The van der Waals surface area contributed by atoms with Crippen LogP contribution in [0.3, 0.4) is 0 Å². The van der Waals surface area contributed by atoms with Crippen LogP contribution in [0.25, 0.3) is 0 Å². The lowest BCUT2D eigenvalue weighted by molar-refractivity contribution is -0.385. The summed E-state index contributed by atoms with van der Waals surface area (Å²) in [5, 5.41) is 22.8. The Morgan fingerprint density at radius 2 is 1.31 bits per heavy atom. The van der Waals surface area contributed by atoms with Crippen LogP contribution in [0.4, 0.5) is 5.69 Å². The number of nitro benzene ring substituents is 1. The molecular formula is C30H49N2O7-. The van der Waals surface area contributed by atoms with Crippen LogP contribution in [0.15, 0.2) is 12.1 Å². The highest BCUT2D eigenvalue weighted by Crippen LogP contribution is 2.36. The van der Waals surface area contributed by atoms with Gasteiger partial charge in [-0.2, -0.15) is 0 Å². The molecule has 9 heteroatoms. The van der Waals surface area contributed by atoms with Gasteiger partial charge < -0.3 is 24.3 Å². The number of aliphatic carboxylic acids is 1. The number of unbranched alkanes of at least 4 members (excludes halogenated alkanes) is 13. The molecule has 1 atom stereocenters. The molecule has 0 aromatic heterocycles. The summed E-state index contributed by atoms with van der Waals surface area (Å²) in [6, 6.07) is 2.83. The quantitative estimate of drug-likeness (QED) is 0.0953. The average molecular weight is 550 g/mol. The van der Waals surface area contributed by atoms with Crippen LogP contribution in [0.2, 0.25) is 0 Å². The average Bonchev–Trinajstić information content (AvgIpc) is 2.91. The highest BCUT2D eigenvalue weighted by Gasteiger charge is 2.27. The van der Waals surface area contributed by atoms with Crippen molar-refractivity contribution in [1.29, 1.82) is 0 Å². The molecule has 0 bridgehead atoms. The molecule has 0 N–H and O–H groups in total. The first-order valence-electron chi connectivity index (χ1n) is 14.6. The number of carboxylic acids is 1. The molecule has 1 aromatic rings. The number of carbonyl (C=O) groups is 2. The van der Waals surface area contributed by atoms with E-state index in [0.717, 1.165) is 30.6 Å². The summed E-state index contributed by atoms with van der Waals surface area (Å²) in [5.41, 5.74) is 0.192. The van der Waals surface area contributed by atoms with Gasteiger partial charge in [-0.15, -0.1) is 0 Å². The SMILES string of the molecule is CCCCCCCCCCCCCCCCC(Cc1cc(OC)c(OC)cc1[N+](=O)[O-])C(=O)N(C)CC(=O)[O-]. The number of nitrogens with zero attached hydrogens (tertiary/aromatic N) is 2. The van der Waals surface area contributed by atoms with Gasteiger partial charge in [-0.05, 0) is 18.9 Å². The molecule has 0 aliphatic carbocycles. The largest absolute Gasteiger partial charge is 0.548 e. The maximum Gasteiger partial charge on any atom is 0.276 e. The molecule has 0 saturated heterocycles. The van der Waals surface area contributed by atoms with Crippen molar-refractivity contribution < 1.29 is 29.1 Å². The number of carbonyl (C=O) groups excluding carboxylic acids is 2. The van der Waals surface area contributed by atoms with Gasteiger partial charge in [0, 0.05) is 18.5 Å². The van der Waals surface area contributed by atoms with Crippen molar-refractivity contribution >= 4 is 17.6 Å². The van der Waals surface area contributed by atoms with Crippen molar-refractivity contribution in [3.05, 3.63) is 27.8 Å². The van der Waals surface area contributed by atoms with Crippen LogP contribution in [0, 0.1) is 16.0 Å². The smallest absolute Gasteiger partial charge is 0.276 e. The zero-order valence-corrected chi connectivity index (χ0v) is 24.5. The van der Waals surface area contributed by atoms with E-state index in [2.05, 4.69) is 6.92 Å². The second-order valence-electron chi connectivity index (χ2n) is 10.4. The zero-order chi connectivity index (χ0) is 29.0. The van der Waals surface area contributed by atoms with Crippen molar-refractivity contribution in [3.63, 3.8) is 0 Å². The van der Waals surface area contributed by atoms with E-state index in [0.29, 0.717) is 17.7 Å². The summed E-state index contributed by atoms with van der Waals surface area (Å²) in [4.78, 5) is 36.5. The van der Waals surface area contributed by atoms with Gasteiger partial charge in [0.2, 0.25) is 5.91 Å². The Bertz CT molecular complexity index is 875. The van der Waals surface area contributed by atoms with Gasteiger partial charge in [-0.1, -0.05) is 96.8 Å². The highest BCUT2D eigenvalue weighted by molar-refractivity contribution is 5.82. The summed E-state index contributed by atoms with van der Waals surface area (Å²) in [5.74, 6) is -1.74. The number of carboxylic acid groups (broad SMARTS) is 1. The minimum Gasteiger partial charge on any atom is -0.548 e. The molecule has 0 heterocycles. The minimum atomic E-state index is -1.35. The summed E-state index contributed by atoms with van der Waals surface area (Å²) in [6.45, 7) is 1.72. The van der Waals surface area contributed by atoms with Crippen LogP contribution in [0.1, 0.15) is 109 Å². The van der Waals surface area contributed by atoms with Gasteiger partial charge in [0.05, 0.1) is 37.7 Å². The Balaban J connectivity index is 2.63. The lowest BCUT2D eigenvalue weighted by atomic mass is 9.91. The first kappa shape index (κ1) is 34.2. The van der Waals surface area contributed by atoms with Crippen LogP contribution in [-0.2, 0) is 16.0 Å². The number of rotatable bonds is 23. The van der Waals surface area contributed by atoms with Crippen molar-refractivity contribution in [2.24, 2.45) is 5.92 Å². The van der Waals surface area contributed by atoms with Crippen molar-refractivity contribution in [3.8, 4) is 11.5 Å². The van der Waals surface area contributed by atoms with E-state index in [1.165, 1.54) is 97.6 Å². The van der Waals surface area contributed by atoms with Crippen LogP contribution in [-0.4, -0.2) is 49.5 Å². The number of benzene rings is 1. The second-order valence-corrected chi connectivity index (χ2v) is 10.4. The third kappa shape index (κ3) is 13.7. The fourth-order valence-electron chi connectivity index (χ4n) is 4.99. The third-order valence-electron chi connectivity index (χ3n) is 7.25. The maximum absolute atomic E-state index is 13.1. The van der Waals surface area contributed by atoms with Crippen molar-refractivity contribution in [2.45, 2.75) is 110 Å². The van der Waals surface area contributed by atoms with Gasteiger partial charge in [0.1, 0.15) is 0 Å². The van der Waals surface area contributed by atoms with Crippen molar-refractivity contribution in [1.82, 2.24) is 4.90 Å². The van der Waals surface area contributed by atoms with E-state index in [4.69, 9.17) is 9.47 Å². The summed E-state index contributed by atoms with van der Waals surface area (Å²) in [6.07, 6.45) is 17.7. The lowest BCUT2D eigenvalue weighted by Crippen LogP contribution is -2.42. The Kier molecular flexibility index (Phi) is 17.6. The van der Waals surface area contributed by atoms with E-state index in [9.17, 15) is 24.8 Å². The minimum absolute atomic E-state index is 0.103. The Morgan fingerprint density at radius 1 is 0.846 bits per heavy atom. The van der Waals surface area contributed by atoms with E-state index in [-0.39, 0.29) is 23.8 Å². The van der Waals surface area contributed by atoms with E-state index in [1.807, 2.05) is 0 Å². The molecule has 0 aliphatic heterocycles. The molecule has 1 amide bonds. The number of amides is 1. The van der Waals surface area contributed by atoms with E-state index >= 15 is 0 Å². The van der Waals surface area contributed by atoms with Crippen LogP contribution >= 0.6 is 0 Å². The molecular weight excluding hydrogens is 500 g/mol. The standard InChI is InChI=1S/C30H50N2O7/c1-5-6-7-8-9-10-11-12-13-14-15-16-17-18-19-24(30(35)31(2)23-29(33)34)20-25-21-27(38-3)28(39-4)22-26(25)32(36)37/h21-22,24H,5-20,23H2,1-4H3,(H,33,34)/p-1. The van der Waals surface area contributed by atoms with Gasteiger partial charge >= 0.3 is 0 Å². The monoisotopic (exact) mass is 549 g/mol. The Labute approximate surface area is 234 Å². The molecule has 1 aromatic carbocycles. The normalized spacial score (nSPS) is 11.7.